The number of rotatable bonds is 6. The van der Waals surface area contributed by atoms with Crippen LogP contribution in [0.2, 0.25) is 0 Å². The summed E-state index contributed by atoms with van der Waals surface area (Å²) in [5.74, 6) is 1.10. The molecule has 0 spiro atoms. The largest absolute Gasteiger partial charge is 0.330 e. The van der Waals surface area contributed by atoms with Crippen LogP contribution in [0.4, 0.5) is 0 Å². The molecular weight excluding hydrogens is 350 g/mol. The van der Waals surface area contributed by atoms with Gasteiger partial charge in [-0.15, -0.1) is 0 Å². The van der Waals surface area contributed by atoms with Gasteiger partial charge in [0.05, 0.1) is 0 Å². The molecule has 0 bridgehead atoms. The summed E-state index contributed by atoms with van der Waals surface area (Å²) in [5, 5.41) is 3.56. The van der Waals surface area contributed by atoms with Crippen molar-refractivity contribution in [3.63, 3.8) is 0 Å². The summed E-state index contributed by atoms with van der Waals surface area (Å²) in [6.45, 7) is 4.86. The van der Waals surface area contributed by atoms with Gasteiger partial charge in [-0.05, 0) is 35.8 Å². The van der Waals surface area contributed by atoms with Gasteiger partial charge in [0.2, 0.25) is 0 Å². The van der Waals surface area contributed by atoms with E-state index in [1.165, 1.54) is 60.9 Å². The fraction of sp³-hybridized carbons (Fsp3) is 0.565. The zero-order valence-corrected chi connectivity index (χ0v) is 17.6. The number of aromatic nitrogens is 2. The van der Waals surface area contributed by atoms with E-state index in [9.17, 15) is 9.59 Å². The number of nitrogens with one attached hydrogen (secondary N) is 1. The van der Waals surface area contributed by atoms with Crippen molar-refractivity contribution in [2.24, 2.45) is 20.0 Å². The highest BCUT2D eigenvalue weighted by atomic mass is 16.2. The molecule has 5 nitrogen and oxygen atoms in total. The van der Waals surface area contributed by atoms with Crippen molar-refractivity contribution < 1.29 is 0 Å². The summed E-state index contributed by atoms with van der Waals surface area (Å²) in [4.78, 5) is 24.1. The van der Waals surface area contributed by atoms with E-state index in [0.717, 1.165) is 4.57 Å². The van der Waals surface area contributed by atoms with Crippen LogP contribution in [-0.4, -0.2) is 9.13 Å². The van der Waals surface area contributed by atoms with Crippen molar-refractivity contribution in [1.29, 1.82) is 0 Å². The van der Waals surface area contributed by atoms with E-state index < -0.39 is 0 Å². The molecule has 0 unspecified atom stereocenters. The fourth-order valence-electron chi connectivity index (χ4n) is 4.31. The monoisotopic (exact) mass is 383 g/mol. The Morgan fingerprint density at radius 2 is 1.64 bits per heavy atom. The van der Waals surface area contributed by atoms with Crippen molar-refractivity contribution in [3.8, 4) is 0 Å². The molecule has 2 aromatic rings. The second-order valence-electron chi connectivity index (χ2n) is 8.48. The molecule has 0 amide bonds. The topological polar surface area (TPSA) is 56.0 Å². The molecule has 3 rings (SSSR count). The van der Waals surface area contributed by atoms with Crippen molar-refractivity contribution in [2.75, 3.05) is 0 Å². The maximum Gasteiger partial charge on any atom is 0.330 e. The Labute approximate surface area is 167 Å². The molecule has 1 aliphatic carbocycles. The van der Waals surface area contributed by atoms with Gasteiger partial charge in [0.15, 0.2) is 0 Å². The van der Waals surface area contributed by atoms with Crippen molar-refractivity contribution in [1.82, 2.24) is 14.5 Å². The second-order valence-corrected chi connectivity index (χ2v) is 8.48. The van der Waals surface area contributed by atoms with Crippen LogP contribution in [0.3, 0.4) is 0 Å². The lowest BCUT2D eigenvalue weighted by Crippen LogP contribution is -2.39. The predicted octanol–water partition coefficient (Wildman–Crippen LogP) is 3.62. The first-order valence-corrected chi connectivity index (χ1v) is 10.5. The van der Waals surface area contributed by atoms with E-state index in [4.69, 9.17) is 0 Å². The Hall–Kier alpha value is -2.14. The molecule has 1 atom stereocenters. The maximum absolute atomic E-state index is 12.1. The molecule has 1 heterocycles. The molecule has 1 aromatic heterocycles. The lowest BCUT2D eigenvalue weighted by atomic mass is 9.83. The van der Waals surface area contributed by atoms with E-state index in [1.54, 1.807) is 7.05 Å². The lowest BCUT2D eigenvalue weighted by molar-refractivity contribution is 0.403. The van der Waals surface area contributed by atoms with E-state index >= 15 is 0 Å². The molecule has 0 radical (unpaired) electrons. The fourth-order valence-corrected chi connectivity index (χ4v) is 4.31. The van der Waals surface area contributed by atoms with Gasteiger partial charge < -0.3 is 5.32 Å². The molecule has 1 fully saturated rings. The quantitative estimate of drug-likeness (QED) is 0.829. The Bertz CT molecular complexity index is 903. The molecule has 1 saturated carbocycles. The first kappa shape index (κ1) is 20.6. The van der Waals surface area contributed by atoms with E-state index in [1.807, 2.05) is 0 Å². The molecule has 5 heteroatoms. The number of hydrogen-bond acceptors (Lipinski definition) is 3. The van der Waals surface area contributed by atoms with Crippen molar-refractivity contribution in [2.45, 2.75) is 64.5 Å². The molecule has 0 saturated heterocycles. The third-order valence-electron chi connectivity index (χ3n) is 6.17. The third-order valence-corrected chi connectivity index (χ3v) is 6.17. The summed E-state index contributed by atoms with van der Waals surface area (Å²) in [5.41, 5.74) is 2.86. The Morgan fingerprint density at radius 3 is 2.25 bits per heavy atom. The first-order valence-electron chi connectivity index (χ1n) is 10.5. The van der Waals surface area contributed by atoms with Gasteiger partial charge in [-0.1, -0.05) is 57.4 Å². The van der Waals surface area contributed by atoms with Crippen LogP contribution in [-0.2, 0) is 20.6 Å². The SMILES string of the molecule is CC(C)[C@@H](NCc1cc(=O)n(C)c(=O)n1C)c1ccc(C2CCCCC2)cc1. The highest BCUT2D eigenvalue weighted by molar-refractivity contribution is 5.28. The van der Waals surface area contributed by atoms with Crippen LogP contribution >= 0.6 is 0 Å². The average molecular weight is 384 g/mol. The normalized spacial score (nSPS) is 16.5. The summed E-state index contributed by atoms with van der Waals surface area (Å²) >= 11 is 0. The standard InChI is InChI=1S/C23H33N3O2/c1-16(2)22(24-15-20-14-21(27)26(4)23(28)25(20)3)19-12-10-18(11-13-19)17-8-6-5-7-9-17/h10-14,16-17,22,24H,5-9,15H2,1-4H3/t22-/m1/s1. The summed E-state index contributed by atoms with van der Waals surface area (Å²) in [6.07, 6.45) is 6.68. The van der Waals surface area contributed by atoms with E-state index in [2.05, 4.69) is 43.4 Å². The van der Waals surface area contributed by atoms with Gasteiger partial charge in [0, 0.05) is 38.4 Å². The zero-order valence-electron chi connectivity index (χ0n) is 17.6. The van der Waals surface area contributed by atoms with Crippen LogP contribution in [0.25, 0.3) is 0 Å². The van der Waals surface area contributed by atoms with Gasteiger partial charge >= 0.3 is 5.69 Å². The minimum atomic E-state index is -0.290. The maximum atomic E-state index is 12.1. The average Bonchev–Trinajstić information content (AvgIpc) is 2.71. The van der Waals surface area contributed by atoms with Crippen LogP contribution in [0.5, 0.6) is 0 Å². The smallest absolute Gasteiger partial charge is 0.304 e. The van der Waals surface area contributed by atoms with Gasteiger partial charge in [0.25, 0.3) is 5.56 Å². The number of nitrogens with zero attached hydrogens (tertiary/aromatic N) is 2. The van der Waals surface area contributed by atoms with E-state index in [0.29, 0.717) is 24.1 Å². The number of benzene rings is 1. The minimum absolute atomic E-state index is 0.166. The Morgan fingerprint density at radius 1 is 1.00 bits per heavy atom. The van der Waals surface area contributed by atoms with Crippen molar-refractivity contribution >= 4 is 0 Å². The van der Waals surface area contributed by atoms with Crippen LogP contribution < -0.4 is 16.6 Å². The summed E-state index contributed by atoms with van der Waals surface area (Å²) in [7, 11) is 3.22. The highest BCUT2D eigenvalue weighted by Crippen LogP contribution is 2.33. The van der Waals surface area contributed by atoms with Gasteiger partial charge in [-0.25, -0.2) is 4.79 Å². The van der Waals surface area contributed by atoms with Gasteiger partial charge in [-0.2, -0.15) is 0 Å². The molecular formula is C23H33N3O2. The highest BCUT2D eigenvalue weighted by Gasteiger charge is 2.19. The van der Waals surface area contributed by atoms with Gasteiger partial charge in [0.1, 0.15) is 0 Å². The number of hydrogen-bond donors (Lipinski definition) is 1. The minimum Gasteiger partial charge on any atom is -0.304 e. The van der Waals surface area contributed by atoms with Crippen LogP contribution in [0.1, 0.15) is 74.7 Å². The predicted molar refractivity (Wildman–Crippen MR) is 114 cm³/mol. The summed E-state index contributed by atoms with van der Waals surface area (Å²) < 4.78 is 2.67. The Kier molecular flexibility index (Phi) is 6.55. The molecule has 28 heavy (non-hydrogen) atoms. The molecule has 152 valence electrons. The van der Waals surface area contributed by atoms with Crippen LogP contribution in [0.15, 0.2) is 39.9 Å². The van der Waals surface area contributed by atoms with Crippen LogP contribution in [0, 0.1) is 5.92 Å². The van der Waals surface area contributed by atoms with Gasteiger partial charge in [-0.3, -0.25) is 13.9 Å². The Balaban J connectivity index is 1.75. The second kappa shape index (κ2) is 8.91. The lowest BCUT2D eigenvalue weighted by Gasteiger charge is -2.25. The van der Waals surface area contributed by atoms with Crippen molar-refractivity contribution in [3.05, 3.63) is 68.0 Å². The summed E-state index contributed by atoms with van der Waals surface area (Å²) in [6, 6.07) is 10.8. The first-order chi connectivity index (χ1) is 13.4. The van der Waals surface area contributed by atoms with E-state index in [-0.39, 0.29) is 17.3 Å². The third kappa shape index (κ3) is 4.46. The molecule has 0 aliphatic heterocycles. The molecule has 1 aromatic carbocycles. The molecule has 1 aliphatic rings. The zero-order chi connectivity index (χ0) is 20.3. The molecule has 1 N–H and O–H groups in total.